The molecule has 0 aliphatic carbocycles. The number of hydrogen-bond acceptors (Lipinski definition) is 6. The van der Waals surface area contributed by atoms with Gasteiger partial charge in [0.2, 0.25) is 0 Å². The van der Waals surface area contributed by atoms with Crippen LogP contribution in [0.2, 0.25) is 0 Å². The van der Waals surface area contributed by atoms with Crippen LogP contribution in [0.25, 0.3) is 10.6 Å². The summed E-state index contributed by atoms with van der Waals surface area (Å²) in [5.74, 6) is -0.00378. The average molecular weight is 385 g/mol. The Bertz CT molecular complexity index is 952. The van der Waals surface area contributed by atoms with E-state index in [1.807, 2.05) is 29.0 Å². The van der Waals surface area contributed by atoms with Gasteiger partial charge < -0.3 is 10.1 Å². The number of fused-ring (bicyclic) bond motifs is 1. The lowest BCUT2D eigenvalue weighted by Gasteiger charge is -2.33. The van der Waals surface area contributed by atoms with Crippen LogP contribution >= 0.6 is 22.7 Å². The van der Waals surface area contributed by atoms with Crippen LogP contribution in [0.15, 0.2) is 46.5 Å². The van der Waals surface area contributed by atoms with Gasteiger partial charge in [-0.25, -0.2) is 4.98 Å². The minimum Gasteiger partial charge on any atom is -0.477 e. The maximum atomic E-state index is 13.1. The molecule has 3 heterocycles. The van der Waals surface area contributed by atoms with Gasteiger partial charge in [-0.15, -0.1) is 11.3 Å². The van der Waals surface area contributed by atoms with Crippen LogP contribution < -0.4 is 15.0 Å². The third-order valence-corrected chi connectivity index (χ3v) is 5.62. The number of thiazole rings is 1. The molecule has 0 saturated carbocycles. The zero-order chi connectivity index (χ0) is 18.1. The van der Waals surface area contributed by atoms with Crippen LogP contribution in [0.5, 0.6) is 5.75 Å². The lowest BCUT2D eigenvalue weighted by atomic mass is 10.1. The zero-order valence-electron chi connectivity index (χ0n) is 13.8. The molecule has 6 nitrogen and oxygen atoms in total. The molecule has 2 aromatic heterocycles. The number of nitrogens with one attached hydrogen (secondary N) is 1. The van der Waals surface area contributed by atoms with Crippen molar-refractivity contribution in [3.05, 3.63) is 52.2 Å². The molecule has 0 saturated heterocycles. The smallest absolute Gasteiger partial charge is 0.278 e. The number of nitrogens with zero attached hydrogens (tertiary/aromatic N) is 2. The number of thiophene rings is 1. The van der Waals surface area contributed by atoms with Crippen molar-refractivity contribution in [1.82, 2.24) is 10.3 Å². The van der Waals surface area contributed by atoms with Gasteiger partial charge in [-0.3, -0.25) is 14.5 Å². The largest absolute Gasteiger partial charge is 0.477 e. The normalized spacial score (nSPS) is 15.9. The Labute approximate surface area is 158 Å². The number of anilines is 1. The number of ether oxygens (including phenoxy) is 1. The van der Waals surface area contributed by atoms with Gasteiger partial charge in [0.05, 0.1) is 12.2 Å². The molecule has 0 radical (unpaired) electrons. The van der Waals surface area contributed by atoms with E-state index in [0.29, 0.717) is 17.1 Å². The first-order valence-electron chi connectivity index (χ1n) is 7.94. The summed E-state index contributed by atoms with van der Waals surface area (Å²) in [6.07, 6.45) is -0.756. The van der Waals surface area contributed by atoms with Crippen LogP contribution in [0, 0.1) is 0 Å². The molecule has 1 aliphatic rings. The molecule has 1 atom stereocenters. The molecule has 26 heavy (non-hydrogen) atoms. The number of aromatic nitrogens is 1. The fourth-order valence-corrected chi connectivity index (χ4v) is 4.26. The highest BCUT2D eigenvalue weighted by molar-refractivity contribution is 7.14. The molecule has 1 aliphatic heterocycles. The Morgan fingerprint density at radius 3 is 2.88 bits per heavy atom. The topological polar surface area (TPSA) is 71.5 Å². The van der Waals surface area contributed by atoms with E-state index in [4.69, 9.17) is 4.74 Å². The molecule has 0 fully saturated rings. The summed E-state index contributed by atoms with van der Waals surface area (Å²) < 4.78 is 5.74. The second kappa shape index (κ2) is 6.89. The fourth-order valence-electron chi connectivity index (χ4n) is 2.75. The van der Waals surface area contributed by atoms with Gasteiger partial charge in [0.15, 0.2) is 6.10 Å². The highest BCUT2D eigenvalue weighted by atomic mass is 32.1. The van der Waals surface area contributed by atoms with Gasteiger partial charge in [0.25, 0.3) is 11.8 Å². The summed E-state index contributed by atoms with van der Waals surface area (Å²) in [6.45, 7) is 0.140. The van der Waals surface area contributed by atoms with Gasteiger partial charge in [0.1, 0.15) is 16.5 Å². The van der Waals surface area contributed by atoms with Crippen LogP contribution in [0.4, 0.5) is 5.69 Å². The Morgan fingerprint density at radius 2 is 2.12 bits per heavy atom. The number of carbonyl (C=O) groups is 2. The Morgan fingerprint density at radius 1 is 1.27 bits per heavy atom. The molecular weight excluding hydrogens is 370 g/mol. The quantitative estimate of drug-likeness (QED) is 0.752. The van der Waals surface area contributed by atoms with Gasteiger partial charge in [0, 0.05) is 23.4 Å². The summed E-state index contributed by atoms with van der Waals surface area (Å²) in [4.78, 5) is 31.2. The Kier molecular flexibility index (Phi) is 4.44. The van der Waals surface area contributed by atoms with E-state index < -0.39 is 6.10 Å². The van der Waals surface area contributed by atoms with E-state index in [0.717, 1.165) is 10.6 Å². The predicted molar refractivity (Wildman–Crippen MR) is 102 cm³/mol. The first kappa shape index (κ1) is 16.7. The van der Waals surface area contributed by atoms with Crippen molar-refractivity contribution in [2.45, 2.75) is 6.10 Å². The van der Waals surface area contributed by atoms with Gasteiger partial charge >= 0.3 is 0 Å². The van der Waals surface area contributed by atoms with E-state index in [1.165, 1.54) is 11.3 Å². The van der Waals surface area contributed by atoms with E-state index >= 15 is 0 Å². The lowest BCUT2D eigenvalue weighted by molar-refractivity contribution is -0.127. The van der Waals surface area contributed by atoms with Crippen LogP contribution in [0.3, 0.4) is 0 Å². The van der Waals surface area contributed by atoms with Crippen molar-refractivity contribution in [3.8, 4) is 16.3 Å². The SMILES string of the molecule is CNC(=O)C1CN(C(=O)c2csc(-c3ccsc3)n2)c2ccccc2O1. The zero-order valence-corrected chi connectivity index (χ0v) is 15.5. The van der Waals surface area contributed by atoms with E-state index in [-0.39, 0.29) is 18.4 Å². The molecule has 0 spiro atoms. The Hall–Kier alpha value is -2.71. The molecule has 0 bridgehead atoms. The number of para-hydroxylation sites is 2. The predicted octanol–water partition coefficient (Wildman–Crippen LogP) is 3.03. The summed E-state index contributed by atoms with van der Waals surface area (Å²) in [7, 11) is 1.55. The highest BCUT2D eigenvalue weighted by Crippen LogP contribution is 2.35. The van der Waals surface area contributed by atoms with E-state index in [2.05, 4.69) is 10.3 Å². The molecule has 4 rings (SSSR count). The Balaban J connectivity index is 1.67. The number of hydrogen-bond donors (Lipinski definition) is 1. The van der Waals surface area contributed by atoms with Crippen molar-refractivity contribution < 1.29 is 14.3 Å². The second-order valence-corrected chi connectivity index (χ2v) is 7.29. The van der Waals surface area contributed by atoms with Crippen molar-refractivity contribution in [2.75, 3.05) is 18.5 Å². The van der Waals surface area contributed by atoms with Gasteiger partial charge in [-0.1, -0.05) is 12.1 Å². The van der Waals surface area contributed by atoms with Gasteiger partial charge in [-0.2, -0.15) is 11.3 Å². The van der Waals surface area contributed by atoms with Crippen LogP contribution in [-0.4, -0.2) is 36.5 Å². The number of likely N-dealkylation sites (N-methyl/N-ethyl adjacent to an activating group) is 1. The summed E-state index contributed by atoms with van der Waals surface area (Å²) in [5.41, 5.74) is 2.01. The van der Waals surface area contributed by atoms with Crippen molar-refractivity contribution >= 4 is 40.2 Å². The van der Waals surface area contributed by atoms with E-state index in [1.54, 1.807) is 40.8 Å². The van der Waals surface area contributed by atoms with Gasteiger partial charge in [-0.05, 0) is 23.6 Å². The third-order valence-electron chi connectivity index (χ3n) is 4.05. The summed E-state index contributed by atoms with van der Waals surface area (Å²) in [6, 6.07) is 9.18. The highest BCUT2D eigenvalue weighted by Gasteiger charge is 2.34. The second-order valence-electron chi connectivity index (χ2n) is 5.65. The summed E-state index contributed by atoms with van der Waals surface area (Å²) >= 11 is 3.02. The van der Waals surface area contributed by atoms with Crippen LogP contribution in [-0.2, 0) is 4.79 Å². The molecule has 1 N–H and O–H groups in total. The number of rotatable bonds is 3. The molecular formula is C18H15N3O3S2. The number of benzene rings is 1. The minimum absolute atomic E-state index is 0.140. The number of carbonyl (C=O) groups excluding carboxylic acids is 2. The van der Waals surface area contributed by atoms with Crippen molar-refractivity contribution in [2.24, 2.45) is 0 Å². The monoisotopic (exact) mass is 385 g/mol. The standard InChI is InChI=1S/C18H15N3O3S2/c1-19-16(22)15-8-21(13-4-2-3-5-14(13)24-15)18(23)12-10-26-17(20-12)11-6-7-25-9-11/h2-7,9-10,15H,8H2,1H3,(H,19,22). The fraction of sp³-hybridized carbons (Fsp3) is 0.167. The van der Waals surface area contributed by atoms with Crippen LogP contribution in [0.1, 0.15) is 10.5 Å². The molecule has 1 aromatic carbocycles. The molecule has 132 valence electrons. The number of amides is 2. The molecule has 8 heteroatoms. The molecule has 1 unspecified atom stereocenters. The first-order chi connectivity index (χ1) is 12.7. The molecule has 3 aromatic rings. The van der Waals surface area contributed by atoms with E-state index in [9.17, 15) is 9.59 Å². The first-order valence-corrected chi connectivity index (χ1v) is 9.77. The maximum Gasteiger partial charge on any atom is 0.278 e. The average Bonchev–Trinajstić information content (AvgIpc) is 3.37. The van der Waals surface area contributed by atoms with Crippen molar-refractivity contribution in [3.63, 3.8) is 0 Å². The minimum atomic E-state index is -0.756. The lowest BCUT2D eigenvalue weighted by Crippen LogP contribution is -2.50. The van der Waals surface area contributed by atoms with Crippen molar-refractivity contribution in [1.29, 1.82) is 0 Å². The molecule has 2 amide bonds. The maximum absolute atomic E-state index is 13.1. The summed E-state index contributed by atoms with van der Waals surface area (Å²) in [5, 5.41) is 9.11. The third kappa shape index (κ3) is 2.97.